The summed E-state index contributed by atoms with van der Waals surface area (Å²) < 4.78 is 2.04. The molecule has 0 atom stereocenters. The topological polar surface area (TPSA) is 72.9 Å². The van der Waals surface area contributed by atoms with Crippen molar-refractivity contribution < 1.29 is 4.79 Å². The SMILES string of the molecule is Cc1cc(C(=O)NC2CCC(N)CC2)c(C)n1-c1nccs1. The van der Waals surface area contributed by atoms with E-state index in [9.17, 15) is 4.79 Å². The zero-order valence-electron chi connectivity index (χ0n) is 13.0. The van der Waals surface area contributed by atoms with E-state index in [4.69, 9.17) is 5.73 Å². The van der Waals surface area contributed by atoms with Crippen molar-refractivity contribution in [3.05, 3.63) is 34.6 Å². The average molecular weight is 318 g/mol. The molecule has 0 aliphatic heterocycles. The van der Waals surface area contributed by atoms with Crippen molar-refractivity contribution in [3.63, 3.8) is 0 Å². The number of aryl methyl sites for hydroxylation is 1. The monoisotopic (exact) mass is 318 g/mol. The van der Waals surface area contributed by atoms with Gasteiger partial charge < -0.3 is 11.1 Å². The van der Waals surface area contributed by atoms with Gasteiger partial charge in [0, 0.05) is 35.0 Å². The fourth-order valence-electron chi connectivity index (χ4n) is 3.14. The molecular formula is C16H22N4OS. The van der Waals surface area contributed by atoms with Crippen LogP contribution in [-0.4, -0.2) is 27.5 Å². The summed E-state index contributed by atoms with van der Waals surface area (Å²) in [6, 6.07) is 2.49. The molecule has 0 radical (unpaired) electrons. The van der Waals surface area contributed by atoms with Crippen LogP contribution in [0.25, 0.3) is 5.13 Å². The number of nitrogens with zero attached hydrogens (tertiary/aromatic N) is 2. The van der Waals surface area contributed by atoms with E-state index in [-0.39, 0.29) is 11.9 Å². The van der Waals surface area contributed by atoms with Crippen molar-refractivity contribution in [3.8, 4) is 5.13 Å². The van der Waals surface area contributed by atoms with Crippen molar-refractivity contribution in [1.29, 1.82) is 0 Å². The number of nitrogens with two attached hydrogens (primary N) is 1. The molecule has 3 N–H and O–H groups in total. The summed E-state index contributed by atoms with van der Waals surface area (Å²) in [4.78, 5) is 16.9. The lowest BCUT2D eigenvalue weighted by atomic mass is 9.91. The van der Waals surface area contributed by atoms with Crippen LogP contribution in [0.4, 0.5) is 0 Å². The Morgan fingerprint density at radius 1 is 1.36 bits per heavy atom. The van der Waals surface area contributed by atoms with Crippen LogP contribution in [0.5, 0.6) is 0 Å². The number of rotatable bonds is 3. The summed E-state index contributed by atoms with van der Waals surface area (Å²) in [6.07, 6.45) is 5.70. The smallest absolute Gasteiger partial charge is 0.253 e. The lowest BCUT2D eigenvalue weighted by Crippen LogP contribution is -2.40. The third-order valence-corrected chi connectivity index (χ3v) is 5.15. The Bertz CT molecular complexity index is 654. The highest BCUT2D eigenvalue weighted by molar-refractivity contribution is 7.12. The van der Waals surface area contributed by atoms with Gasteiger partial charge in [0.05, 0.1) is 5.56 Å². The van der Waals surface area contributed by atoms with E-state index >= 15 is 0 Å². The third-order valence-electron chi connectivity index (χ3n) is 4.39. The molecule has 118 valence electrons. The van der Waals surface area contributed by atoms with Crippen LogP contribution in [0, 0.1) is 13.8 Å². The lowest BCUT2D eigenvalue weighted by Gasteiger charge is -2.26. The van der Waals surface area contributed by atoms with Gasteiger partial charge in [0.2, 0.25) is 0 Å². The number of nitrogens with one attached hydrogen (secondary N) is 1. The van der Waals surface area contributed by atoms with Gasteiger partial charge in [-0.05, 0) is 45.6 Å². The fourth-order valence-corrected chi connectivity index (χ4v) is 3.89. The van der Waals surface area contributed by atoms with Crippen LogP contribution in [0.3, 0.4) is 0 Å². The van der Waals surface area contributed by atoms with E-state index in [1.54, 1.807) is 17.5 Å². The largest absolute Gasteiger partial charge is 0.349 e. The predicted octanol–water partition coefficient (Wildman–Crippen LogP) is 2.55. The molecule has 1 saturated carbocycles. The van der Waals surface area contributed by atoms with Crippen LogP contribution < -0.4 is 11.1 Å². The summed E-state index contributed by atoms with van der Waals surface area (Å²) in [5.74, 6) is 0.0105. The Morgan fingerprint density at radius 2 is 2.09 bits per heavy atom. The summed E-state index contributed by atoms with van der Waals surface area (Å²) in [5, 5.41) is 6.00. The van der Waals surface area contributed by atoms with Gasteiger partial charge in [-0.3, -0.25) is 9.36 Å². The molecule has 0 saturated heterocycles. The first-order valence-corrected chi connectivity index (χ1v) is 8.59. The highest BCUT2D eigenvalue weighted by atomic mass is 32.1. The molecule has 1 amide bonds. The van der Waals surface area contributed by atoms with Gasteiger partial charge in [0.1, 0.15) is 0 Å². The highest BCUT2D eigenvalue weighted by Gasteiger charge is 2.23. The molecule has 5 nitrogen and oxygen atoms in total. The fraction of sp³-hybridized carbons (Fsp3) is 0.500. The first kappa shape index (κ1) is 15.2. The highest BCUT2D eigenvalue weighted by Crippen LogP contribution is 2.23. The van der Waals surface area contributed by atoms with E-state index in [1.807, 2.05) is 29.9 Å². The Labute approximate surface area is 134 Å². The molecule has 2 aromatic heterocycles. The summed E-state index contributed by atoms with van der Waals surface area (Å²) in [6.45, 7) is 3.98. The van der Waals surface area contributed by atoms with Gasteiger partial charge >= 0.3 is 0 Å². The van der Waals surface area contributed by atoms with E-state index < -0.39 is 0 Å². The minimum Gasteiger partial charge on any atom is -0.349 e. The summed E-state index contributed by atoms with van der Waals surface area (Å²) in [5.41, 5.74) is 8.63. The number of thiazole rings is 1. The van der Waals surface area contributed by atoms with Gasteiger partial charge in [-0.25, -0.2) is 4.98 Å². The van der Waals surface area contributed by atoms with Crippen LogP contribution >= 0.6 is 11.3 Å². The molecule has 1 aliphatic rings. The molecule has 0 aromatic carbocycles. The molecule has 2 heterocycles. The molecule has 3 rings (SSSR count). The summed E-state index contributed by atoms with van der Waals surface area (Å²) in [7, 11) is 0. The van der Waals surface area contributed by atoms with Gasteiger partial charge in [0.25, 0.3) is 5.91 Å². The number of hydrogen-bond acceptors (Lipinski definition) is 4. The second kappa shape index (κ2) is 6.22. The first-order valence-electron chi connectivity index (χ1n) is 7.71. The van der Waals surface area contributed by atoms with Crippen molar-refractivity contribution in [2.75, 3.05) is 0 Å². The minimum absolute atomic E-state index is 0.0105. The van der Waals surface area contributed by atoms with E-state index in [1.165, 1.54) is 0 Å². The molecule has 1 aliphatic carbocycles. The normalized spacial score (nSPS) is 21.8. The number of carbonyl (C=O) groups is 1. The van der Waals surface area contributed by atoms with Crippen LogP contribution in [0.1, 0.15) is 47.4 Å². The number of carbonyl (C=O) groups excluding carboxylic acids is 1. The molecule has 0 bridgehead atoms. The molecule has 1 fully saturated rings. The Kier molecular flexibility index (Phi) is 4.31. The molecule has 22 heavy (non-hydrogen) atoms. The number of amides is 1. The number of hydrogen-bond donors (Lipinski definition) is 2. The predicted molar refractivity (Wildman–Crippen MR) is 88.6 cm³/mol. The Morgan fingerprint density at radius 3 is 2.73 bits per heavy atom. The van der Waals surface area contributed by atoms with E-state index in [2.05, 4.69) is 10.3 Å². The lowest BCUT2D eigenvalue weighted by molar-refractivity contribution is 0.0925. The van der Waals surface area contributed by atoms with Crippen molar-refractivity contribution in [2.45, 2.75) is 51.6 Å². The van der Waals surface area contributed by atoms with E-state index in [0.717, 1.165) is 47.8 Å². The van der Waals surface area contributed by atoms with Crippen LogP contribution in [-0.2, 0) is 0 Å². The Hall–Kier alpha value is -1.66. The summed E-state index contributed by atoms with van der Waals surface area (Å²) >= 11 is 1.57. The maximum absolute atomic E-state index is 12.6. The molecule has 6 heteroatoms. The van der Waals surface area contributed by atoms with Crippen molar-refractivity contribution >= 4 is 17.2 Å². The third kappa shape index (κ3) is 2.94. The van der Waals surface area contributed by atoms with Crippen LogP contribution in [0.2, 0.25) is 0 Å². The second-order valence-corrected chi connectivity index (χ2v) is 6.89. The number of aromatic nitrogens is 2. The zero-order valence-corrected chi connectivity index (χ0v) is 13.8. The Balaban J connectivity index is 1.77. The van der Waals surface area contributed by atoms with Crippen LogP contribution in [0.15, 0.2) is 17.6 Å². The molecular weight excluding hydrogens is 296 g/mol. The molecule has 0 unspecified atom stereocenters. The minimum atomic E-state index is 0.0105. The maximum atomic E-state index is 12.6. The quantitative estimate of drug-likeness (QED) is 0.913. The molecule has 0 spiro atoms. The molecule has 2 aromatic rings. The van der Waals surface area contributed by atoms with Gasteiger partial charge in [-0.1, -0.05) is 0 Å². The second-order valence-electron chi connectivity index (χ2n) is 6.02. The maximum Gasteiger partial charge on any atom is 0.253 e. The van der Waals surface area contributed by atoms with Crippen molar-refractivity contribution in [1.82, 2.24) is 14.9 Å². The first-order chi connectivity index (χ1) is 10.6. The van der Waals surface area contributed by atoms with Gasteiger partial charge in [-0.15, -0.1) is 11.3 Å². The van der Waals surface area contributed by atoms with E-state index in [0.29, 0.717) is 6.04 Å². The van der Waals surface area contributed by atoms with Crippen molar-refractivity contribution in [2.24, 2.45) is 5.73 Å². The van der Waals surface area contributed by atoms with Gasteiger partial charge in [-0.2, -0.15) is 0 Å². The average Bonchev–Trinajstić information content (AvgIpc) is 3.09. The van der Waals surface area contributed by atoms with Gasteiger partial charge in [0.15, 0.2) is 5.13 Å². The zero-order chi connectivity index (χ0) is 15.7. The standard InChI is InChI=1S/C16H22N4OS/c1-10-9-14(11(2)20(10)16-18-7-8-22-16)15(21)19-13-5-3-12(17)4-6-13/h7-9,12-13H,3-6,17H2,1-2H3,(H,19,21).